The fourth-order valence-electron chi connectivity index (χ4n) is 2.28. The van der Waals surface area contributed by atoms with Gasteiger partial charge in [-0.1, -0.05) is 37.3 Å². The van der Waals surface area contributed by atoms with Gasteiger partial charge in [0, 0.05) is 6.54 Å². The van der Waals surface area contributed by atoms with Gasteiger partial charge in [0.15, 0.2) is 0 Å². The van der Waals surface area contributed by atoms with Crippen molar-refractivity contribution in [2.24, 2.45) is 0 Å². The first-order valence-corrected chi connectivity index (χ1v) is 10.8. The summed E-state index contributed by atoms with van der Waals surface area (Å²) in [6, 6.07) is 9.20. The third-order valence-corrected chi connectivity index (χ3v) is 8.00. The third kappa shape index (κ3) is 5.80. The molecule has 0 aliphatic rings. The van der Waals surface area contributed by atoms with Gasteiger partial charge in [0.05, 0.1) is 13.2 Å². The molecule has 0 heterocycles. The number of hydrogen-bond donors (Lipinski definition) is 2. The molecule has 132 valence electrons. The minimum Gasteiger partial charge on any atom is -0.323 e. The van der Waals surface area contributed by atoms with Crippen molar-refractivity contribution in [3.05, 3.63) is 35.9 Å². The second-order valence-corrected chi connectivity index (χ2v) is 9.02. The minimum atomic E-state index is -4.38. The number of nitrogens with zero attached hydrogens (tertiary/aromatic N) is 1. The molecule has 0 spiro atoms. The number of benzene rings is 1. The zero-order valence-electron chi connectivity index (χ0n) is 13.7. The summed E-state index contributed by atoms with van der Waals surface area (Å²) in [4.78, 5) is 21.8. The van der Waals surface area contributed by atoms with Crippen molar-refractivity contribution in [1.82, 2.24) is 4.90 Å². The second-order valence-electron chi connectivity index (χ2n) is 4.86. The lowest BCUT2D eigenvalue weighted by Crippen LogP contribution is -2.35. The van der Waals surface area contributed by atoms with Crippen molar-refractivity contribution in [2.45, 2.75) is 32.8 Å². The fourth-order valence-corrected chi connectivity index (χ4v) is 6.47. The molecule has 2 unspecified atom stereocenters. The highest BCUT2D eigenvalue weighted by Gasteiger charge is 2.50. The lowest BCUT2D eigenvalue weighted by molar-refractivity contribution is 0.186. The molecule has 1 aromatic carbocycles. The van der Waals surface area contributed by atoms with Crippen LogP contribution in [0.5, 0.6) is 0 Å². The normalized spacial score (nSPS) is 18.3. The summed E-state index contributed by atoms with van der Waals surface area (Å²) in [5.41, 5.74) is -0.771. The van der Waals surface area contributed by atoms with E-state index in [-0.39, 0.29) is 26.3 Å². The van der Waals surface area contributed by atoms with Crippen LogP contribution in [0.4, 0.5) is 0 Å². The average molecular weight is 365 g/mol. The summed E-state index contributed by atoms with van der Waals surface area (Å²) in [6.07, 6.45) is 0. The second kappa shape index (κ2) is 9.09. The van der Waals surface area contributed by atoms with Crippen LogP contribution in [-0.4, -0.2) is 40.0 Å². The van der Waals surface area contributed by atoms with Gasteiger partial charge in [0.25, 0.3) is 0 Å². The van der Waals surface area contributed by atoms with E-state index in [0.29, 0.717) is 0 Å². The van der Waals surface area contributed by atoms with Crippen LogP contribution >= 0.6 is 15.2 Å². The van der Waals surface area contributed by atoms with E-state index in [2.05, 4.69) is 0 Å². The summed E-state index contributed by atoms with van der Waals surface area (Å²) < 4.78 is 34.8. The van der Waals surface area contributed by atoms with Crippen LogP contribution in [-0.2, 0) is 24.7 Å². The zero-order chi connectivity index (χ0) is 17.5. The summed E-state index contributed by atoms with van der Waals surface area (Å²) in [5.74, 6) is 0. The van der Waals surface area contributed by atoms with E-state index >= 15 is 0 Å². The molecule has 0 fully saturated rings. The molecule has 2 N–H and O–H groups in total. The molecular weight excluding hydrogens is 340 g/mol. The van der Waals surface area contributed by atoms with Gasteiger partial charge in [-0.2, -0.15) is 0 Å². The molecule has 0 aliphatic carbocycles. The molecule has 0 amide bonds. The molecule has 0 aliphatic heterocycles. The van der Waals surface area contributed by atoms with E-state index in [0.717, 1.165) is 5.56 Å². The minimum absolute atomic E-state index is 0.0424. The van der Waals surface area contributed by atoms with Crippen molar-refractivity contribution in [1.29, 1.82) is 0 Å². The highest BCUT2D eigenvalue weighted by atomic mass is 31.2. The van der Waals surface area contributed by atoms with Crippen LogP contribution in [0.3, 0.4) is 0 Å². The topological polar surface area (TPSA) is 96.3 Å². The quantitative estimate of drug-likeness (QED) is 0.615. The summed E-state index contributed by atoms with van der Waals surface area (Å²) in [6.45, 7) is 5.28. The smallest absolute Gasteiger partial charge is 0.323 e. The Morgan fingerprint density at radius 1 is 1.00 bits per heavy atom. The first-order chi connectivity index (χ1) is 10.8. The molecule has 1 aromatic rings. The van der Waals surface area contributed by atoms with Gasteiger partial charge in [0.2, 0.25) is 5.52 Å². The lowest BCUT2D eigenvalue weighted by Gasteiger charge is -2.34. The molecule has 0 radical (unpaired) electrons. The van der Waals surface area contributed by atoms with Gasteiger partial charge in [-0.3, -0.25) is 14.0 Å². The zero-order valence-corrected chi connectivity index (χ0v) is 15.5. The largest absolute Gasteiger partial charge is 0.357 e. The van der Waals surface area contributed by atoms with Crippen molar-refractivity contribution >= 4 is 15.2 Å². The molecule has 23 heavy (non-hydrogen) atoms. The van der Waals surface area contributed by atoms with E-state index < -0.39 is 20.7 Å². The predicted molar refractivity (Wildman–Crippen MR) is 89.2 cm³/mol. The van der Waals surface area contributed by atoms with Crippen LogP contribution in [0.1, 0.15) is 26.3 Å². The molecule has 0 saturated heterocycles. The van der Waals surface area contributed by atoms with Crippen molar-refractivity contribution in [2.75, 3.05) is 19.8 Å². The number of hydrogen-bond acceptors (Lipinski definition) is 5. The molecule has 0 bridgehead atoms. The van der Waals surface area contributed by atoms with Crippen molar-refractivity contribution < 1.29 is 28.0 Å². The monoisotopic (exact) mass is 365 g/mol. The summed E-state index contributed by atoms with van der Waals surface area (Å²) in [7, 11) is -8.75. The van der Waals surface area contributed by atoms with Gasteiger partial charge in [-0.05, 0) is 26.0 Å². The van der Waals surface area contributed by atoms with E-state index in [9.17, 15) is 18.9 Å². The Hall–Kier alpha value is -0.520. The van der Waals surface area contributed by atoms with Crippen LogP contribution < -0.4 is 0 Å². The Balaban J connectivity index is 3.19. The van der Waals surface area contributed by atoms with E-state index in [1.54, 1.807) is 20.8 Å². The predicted octanol–water partition coefficient (Wildman–Crippen LogP) is 3.24. The Labute approximate surface area is 137 Å². The van der Waals surface area contributed by atoms with Gasteiger partial charge < -0.3 is 18.8 Å². The van der Waals surface area contributed by atoms with Crippen molar-refractivity contribution in [3.63, 3.8) is 0 Å². The van der Waals surface area contributed by atoms with Crippen LogP contribution in [0.15, 0.2) is 30.3 Å². The molecule has 1 rings (SSSR count). The Bertz CT molecular complexity index is 542. The maximum Gasteiger partial charge on any atom is 0.357 e. The average Bonchev–Trinajstić information content (AvgIpc) is 2.46. The maximum atomic E-state index is 12.5. The van der Waals surface area contributed by atoms with E-state index in [4.69, 9.17) is 9.05 Å². The summed E-state index contributed by atoms with van der Waals surface area (Å²) >= 11 is 0. The molecule has 2 atom stereocenters. The van der Waals surface area contributed by atoms with Crippen LogP contribution in [0.2, 0.25) is 0 Å². The van der Waals surface area contributed by atoms with E-state index in [1.165, 1.54) is 4.90 Å². The third-order valence-electron chi connectivity index (χ3n) is 3.17. The fraction of sp³-hybridized carbons (Fsp3) is 0.571. The van der Waals surface area contributed by atoms with Gasteiger partial charge in [0.1, 0.15) is 0 Å². The molecule has 9 heteroatoms. The van der Waals surface area contributed by atoms with Gasteiger partial charge in [-0.15, -0.1) is 0 Å². The SMILES string of the molecule is CCOP(=O)(O)C(N(CC)Cc1ccccc1)P(=O)(O)OCC. The Kier molecular flexibility index (Phi) is 8.11. The van der Waals surface area contributed by atoms with Gasteiger partial charge in [-0.25, -0.2) is 0 Å². The van der Waals surface area contributed by atoms with Crippen LogP contribution in [0, 0.1) is 0 Å². The maximum absolute atomic E-state index is 12.5. The molecular formula is C14H25NO6P2. The molecule has 0 aromatic heterocycles. The highest BCUT2D eigenvalue weighted by molar-refractivity contribution is 7.71. The number of rotatable bonds is 10. The Morgan fingerprint density at radius 2 is 1.48 bits per heavy atom. The highest BCUT2D eigenvalue weighted by Crippen LogP contribution is 2.66. The first-order valence-electron chi connectivity index (χ1n) is 7.50. The van der Waals surface area contributed by atoms with Gasteiger partial charge >= 0.3 is 15.2 Å². The van der Waals surface area contributed by atoms with E-state index in [1.807, 2.05) is 30.3 Å². The van der Waals surface area contributed by atoms with Crippen LogP contribution in [0.25, 0.3) is 0 Å². The lowest BCUT2D eigenvalue weighted by atomic mass is 10.2. The molecule has 0 saturated carbocycles. The first kappa shape index (κ1) is 20.5. The van der Waals surface area contributed by atoms with Crippen molar-refractivity contribution in [3.8, 4) is 0 Å². The molecule has 7 nitrogen and oxygen atoms in total. The standard InChI is InChI=1S/C14H25NO6P2/c1-4-15(12-13-10-8-7-9-11-13)14(22(16,17)20-5-2)23(18,19)21-6-3/h7-11,14H,4-6,12H2,1-3H3,(H,16,17)(H,18,19). The Morgan fingerprint density at radius 3 is 1.87 bits per heavy atom. The summed E-state index contributed by atoms with van der Waals surface area (Å²) in [5, 5.41) is 0.